The Morgan fingerprint density at radius 1 is 1.32 bits per heavy atom. The molecule has 5 N–H and O–H groups in total. The molecule has 1 amide bonds. The molecule has 0 saturated heterocycles. The molecule has 1 aromatic heterocycles. The summed E-state index contributed by atoms with van der Waals surface area (Å²) in [5, 5.41) is 17.8. The van der Waals surface area contributed by atoms with Crippen molar-refractivity contribution in [2.75, 3.05) is 11.9 Å². The van der Waals surface area contributed by atoms with Gasteiger partial charge in [-0.25, -0.2) is 0 Å². The number of carbonyl (C=O) groups is 1. The number of anilines is 1. The Balaban J connectivity index is 1.74. The van der Waals surface area contributed by atoms with Gasteiger partial charge < -0.3 is 16.0 Å². The van der Waals surface area contributed by atoms with E-state index in [1.54, 1.807) is 11.3 Å². The monoisotopic (exact) mass is 398 g/mol. The average Bonchev–Trinajstić information content (AvgIpc) is 2.96. The third-order valence-corrected chi connectivity index (χ3v) is 6.81. The first-order valence-electron chi connectivity index (χ1n) is 9.74. The highest BCUT2D eigenvalue weighted by atomic mass is 32.1. The van der Waals surface area contributed by atoms with Gasteiger partial charge in [0.25, 0.3) is 5.91 Å². The molecule has 0 aliphatic carbocycles. The van der Waals surface area contributed by atoms with Crippen LogP contribution in [0.5, 0.6) is 0 Å². The van der Waals surface area contributed by atoms with Crippen molar-refractivity contribution in [2.45, 2.75) is 58.2 Å². The number of benzene rings is 1. The Morgan fingerprint density at radius 2 is 2.00 bits per heavy atom. The number of nitrogens with one attached hydrogen (secondary N) is 1. The smallest absolute Gasteiger partial charge is 0.280 e. The fourth-order valence-corrected chi connectivity index (χ4v) is 5.52. The second kappa shape index (κ2) is 7.67. The van der Waals surface area contributed by atoms with Crippen molar-refractivity contribution in [3.8, 4) is 6.07 Å². The van der Waals surface area contributed by atoms with Crippen LogP contribution in [0.2, 0.25) is 0 Å². The molecule has 6 heteroatoms. The third kappa shape index (κ3) is 4.27. The van der Waals surface area contributed by atoms with Crippen LogP contribution in [-0.4, -0.2) is 18.0 Å². The molecule has 28 heavy (non-hydrogen) atoms. The maximum absolute atomic E-state index is 12.6. The van der Waals surface area contributed by atoms with E-state index in [9.17, 15) is 10.1 Å². The van der Waals surface area contributed by atoms with E-state index >= 15 is 0 Å². The summed E-state index contributed by atoms with van der Waals surface area (Å²) in [6.07, 6.45) is 0.832. The lowest BCUT2D eigenvalue weighted by molar-refractivity contribution is -0.789. The fraction of sp³-hybridized carbons (Fsp3) is 0.455. The zero-order valence-electron chi connectivity index (χ0n) is 17.3. The highest BCUT2D eigenvalue weighted by Gasteiger charge is 2.44. The molecule has 0 bridgehead atoms. The van der Waals surface area contributed by atoms with E-state index < -0.39 is 0 Å². The van der Waals surface area contributed by atoms with Crippen LogP contribution < -0.4 is 16.0 Å². The van der Waals surface area contributed by atoms with Gasteiger partial charge in [0.1, 0.15) is 22.7 Å². The number of nitriles is 1. The second-order valence-corrected chi connectivity index (χ2v) is 9.97. The zero-order valence-corrected chi connectivity index (χ0v) is 18.1. The van der Waals surface area contributed by atoms with Gasteiger partial charge in [0.05, 0.1) is 16.0 Å². The summed E-state index contributed by atoms with van der Waals surface area (Å²) in [6.45, 7) is 11.2. The van der Waals surface area contributed by atoms with Crippen molar-refractivity contribution < 1.29 is 15.4 Å². The van der Waals surface area contributed by atoms with Crippen molar-refractivity contribution in [1.82, 2.24) is 0 Å². The minimum atomic E-state index is -0.107. The molecule has 0 spiro atoms. The topological polar surface area (TPSA) is 86.1 Å². The van der Waals surface area contributed by atoms with E-state index in [1.165, 1.54) is 10.4 Å². The molecule has 0 unspecified atom stereocenters. The summed E-state index contributed by atoms with van der Waals surface area (Å²) < 4.78 is 0. The van der Waals surface area contributed by atoms with Gasteiger partial charge in [-0.15, -0.1) is 11.3 Å². The first-order valence-corrected chi connectivity index (χ1v) is 10.6. The summed E-state index contributed by atoms with van der Waals surface area (Å²) >= 11 is 1.55. The predicted molar refractivity (Wildman–Crippen MR) is 112 cm³/mol. The molecule has 2 aromatic rings. The summed E-state index contributed by atoms with van der Waals surface area (Å²) in [4.78, 5) is 13.8. The Kier molecular flexibility index (Phi) is 5.62. The number of hydrogen-bond acceptors (Lipinski definition) is 3. The first-order chi connectivity index (χ1) is 13.1. The second-order valence-electron chi connectivity index (χ2n) is 8.94. The lowest BCUT2D eigenvalue weighted by Gasteiger charge is -2.38. The Hall–Kier alpha value is -2.20. The Bertz CT molecular complexity index is 909. The highest BCUT2D eigenvalue weighted by molar-refractivity contribution is 7.16. The number of amides is 1. The number of carbonyl (C=O) groups excluding carboxylic acids is 1. The summed E-state index contributed by atoms with van der Waals surface area (Å²) in [5.41, 5.74) is 2.85. The molecule has 1 aliphatic heterocycles. The van der Waals surface area contributed by atoms with E-state index in [4.69, 9.17) is 0 Å². The molecule has 5 nitrogen and oxygen atoms in total. The molecule has 1 aliphatic rings. The number of rotatable bonds is 5. The van der Waals surface area contributed by atoms with Crippen LogP contribution in [0.25, 0.3) is 0 Å². The number of hydrogen-bond donors (Lipinski definition) is 3. The molecule has 3 rings (SSSR count). The lowest BCUT2D eigenvalue weighted by atomic mass is 9.81. The summed E-state index contributed by atoms with van der Waals surface area (Å²) in [5.74, 6) is -0.0704. The maximum atomic E-state index is 12.6. The minimum Gasteiger partial charge on any atom is -0.333 e. The Labute approximate surface area is 171 Å². The molecule has 0 saturated carbocycles. The minimum absolute atomic E-state index is 0.0311. The van der Waals surface area contributed by atoms with E-state index in [0.717, 1.165) is 12.0 Å². The first kappa shape index (κ1) is 20.5. The van der Waals surface area contributed by atoms with E-state index in [0.29, 0.717) is 17.1 Å². The fourth-order valence-electron chi connectivity index (χ4n) is 4.26. The average molecular weight is 399 g/mol. The molecule has 0 radical (unpaired) electrons. The van der Waals surface area contributed by atoms with Crippen LogP contribution in [0.1, 0.15) is 62.2 Å². The molecule has 2 heterocycles. The molecule has 0 fully saturated rings. The van der Waals surface area contributed by atoms with Gasteiger partial charge in [0.2, 0.25) is 0 Å². The normalized spacial score (nSPS) is 18.0. The largest absolute Gasteiger partial charge is 0.333 e. The van der Waals surface area contributed by atoms with Crippen LogP contribution >= 0.6 is 11.3 Å². The van der Waals surface area contributed by atoms with Gasteiger partial charge in [-0.05, 0) is 40.2 Å². The third-order valence-electron chi connectivity index (χ3n) is 5.32. The number of nitrogens with two attached hydrogens (primary N) is 2. The van der Waals surface area contributed by atoms with Crippen LogP contribution in [-0.2, 0) is 16.8 Å². The molecule has 148 valence electrons. The van der Waals surface area contributed by atoms with Gasteiger partial charge in [-0.2, -0.15) is 5.26 Å². The standard InChI is InChI=1S/C22H28N4OS/c1-14(15-9-7-6-8-10-15)24-13-18(27)25-20-17(12-23)16-11-21(2,3)26-22(4,5)19(16)28-20/h6-10,14,24,26H,11,13H2,1-5H3,(H,25,27)/p+2/t14-/m1/s1. The van der Waals surface area contributed by atoms with Gasteiger partial charge in [-0.1, -0.05) is 30.3 Å². The predicted octanol–water partition coefficient (Wildman–Crippen LogP) is 2.02. The molecule has 1 aromatic carbocycles. The van der Waals surface area contributed by atoms with Crippen molar-refractivity contribution in [2.24, 2.45) is 0 Å². The number of nitrogens with zero attached hydrogens (tertiary/aromatic N) is 1. The van der Waals surface area contributed by atoms with Gasteiger partial charge in [-0.3, -0.25) is 4.79 Å². The molecular formula is C22H30N4OS+2. The SMILES string of the molecule is C[C@@H]([NH2+]CC(=O)Nc1sc2c(c1C#N)CC(C)(C)[NH2+]C2(C)C)c1ccccc1. The van der Waals surface area contributed by atoms with Crippen LogP contribution in [0.3, 0.4) is 0 Å². The van der Waals surface area contributed by atoms with Crippen LogP contribution in [0.4, 0.5) is 5.00 Å². The van der Waals surface area contributed by atoms with Gasteiger partial charge in [0, 0.05) is 12.0 Å². The molecule has 1 atom stereocenters. The maximum Gasteiger partial charge on any atom is 0.280 e. The zero-order chi connectivity index (χ0) is 20.5. The van der Waals surface area contributed by atoms with E-state index in [2.05, 4.69) is 63.5 Å². The number of quaternary nitrogens is 2. The van der Waals surface area contributed by atoms with Crippen LogP contribution in [0.15, 0.2) is 30.3 Å². The Morgan fingerprint density at radius 3 is 2.64 bits per heavy atom. The number of fused-ring (bicyclic) bond motifs is 1. The van der Waals surface area contributed by atoms with Gasteiger partial charge >= 0.3 is 0 Å². The van der Waals surface area contributed by atoms with E-state index in [1.807, 2.05) is 23.5 Å². The van der Waals surface area contributed by atoms with Crippen molar-refractivity contribution in [3.05, 3.63) is 51.9 Å². The summed E-state index contributed by atoms with van der Waals surface area (Å²) in [7, 11) is 0. The van der Waals surface area contributed by atoms with E-state index in [-0.39, 0.29) is 23.0 Å². The van der Waals surface area contributed by atoms with Crippen LogP contribution in [0, 0.1) is 11.3 Å². The molecular weight excluding hydrogens is 368 g/mol. The quantitative estimate of drug-likeness (QED) is 0.720. The van der Waals surface area contributed by atoms with Gasteiger partial charge in [0.15, 0.2) is 6.54 Å². The number of thiophene rings is 1. The highest BCUT2D eigenvalue weighted by Crippen LogP contribution is 2.41. The lowest BCUT2D eigenvalue weighted by Crippen LogP contribution is -3.03. The van der Waals surface area contributed by atoms with Crippen molar-refractivity contribution in [1.29, 1.82) is 5.26 Å². The summed E-state index contributed by atoms with van der Waals surface area (Å²) in [6, 6.07) is 12.7. The van der Waals surface area contributed by atoms with Crippen molar-refractivity contribution in [3.63, 3.8) is 0 Å². The van der Waals surface area contributed by atoms with Crippen molar-refractivity contribution >= 4 is 22.2 Å².